The van der Waals surface area contributed by atoms with Crippen LogP contribution < -0.4 is 15.7 Å². The Bertz CT molecular complexity index is 836. The number of nitrogens with zero attached hydrogens (tertiary/aromatic N) is 1. The Hall–Kier alpha value is -2.15. The van der Waals surface area contributed by atoms with Crippen LogP contribution in [0.4, 0.5) is 4.79 Å². The highest BCUT2D eigenvalue weighted by Gasteiger charge is 2.50. The molecule has 0 spiro atoms. The van der Waals surface area contributed by atoms with Crippen molar-refractivity contribution < 1.29 is 14.0 Å². The van der Waals surface area contributed by atoms with Crippen LogP contribution in [0.2, 0.25) is 5.04 Å². The molecule has 5 nitrogen and oxygen atoms in total. The van der Waals surface area contributed by atoms with Gasteiger partial charge in [0.05, 0.1) is 12.6 Å². The van der Waals surface area contributed by atoms with Gasteiger partial charge in [-0.1, -0.05) is 81.4 Å². The van der Waals surface area contributed by atoms with Crippen molar-refractivity contribution in [2.24, 2.45) is 0 Å². The molecule has 0 unspecified atom stereocenters. The predicted octanol–water partition coefficient (Wildman–Crippen LogP) is 3.77. The molecule has 2 aromatic rings. The van der Waals surface area contributed by atoms with Gasteiger partial charge >= 0.3 is 6.09 Å². The fourth-order valence-corrected chi connectivity index (χ4v) is 9.05. The van der Waals surface area contributed by atoms with Gasteiger partial charge in [-0.05, 0) is 36.2 Å². The van der Waals surface area contributed by atoms with Crippen LogP contribution in [0, 0.1) is 0 Å². The van der Waals surface area contributed by atoms with Crippen LogP contribution >= 0.6 is 0 Å². The highest BCUT2D eigenvalue weighted by molar-refractivity contribution is 6.99. The third-order valence-corrected chi connectivity index (χ3v) is 10.9. The van der Waals surface area contributed by atoms with Crippen molar-refractivity contribution in [3.63, 3.8) is 0 Å². The zero-order valence-corrected chi connectivity index (χ0v) is 21.4. The summed E-state index contributed by atoms with van der Waals surface area (Å²) in [5.41, 5.74) is -0.522. The first-order valence-corrected chi connectivity index (χ1v) is 13.4. The highest BCUT2D eigenvalue weighted by Crippen LogP contribution is 2.37. The zero-order valence-electron chi connectivity index (χ0n) is 20.4. The second kappa shape index (κ2) is 9.77. The minimum Gasteiger partial charge on any atom is -0.444 e. The van der Waals surface area contributed by atoms with E-state index in [9.17, 15) is 4.79 Å². The van der Waals surface area contributed by atoms with Crippen molar-refractivity contribution in [1.82, 2.24) is 10.2 Å². The summed E-state index contributed by atoms with van der Waals surface area (Å²) in [7, 11) is -2.65. The smallest absolute Gasteiger partial charge is 0.410 e. The van der Waals surface area contributed by atoms with Crippen LogP contribution in [0.5, 0.6) is 0 Å². The molecule has 1 aliphatic rings. The maximum absolute atomic E-state index is 12.9. The molecule has 0 bridgehead atoms. The van der Waals surface area contributed by atoms with Crippen LogP contribution in [-0.2, 0) is 9.16 Å². The molecule has 3 rings (SSSR count). The van der Waals surface area contributed by atoms with E-state index < -0.39 is 13.9 Å². The topological polar surface area (TPSA) is 50.8 Å². The first-order chi connectivity index (χ1) is 15.0. The fraction of sp³-hybridized carbons (Fsp3) is 0.500. The molecule has 1 N–H and O–H groups in total. The van der Waals surface area contributed by atoms with Gasteiger partial charge in [0.2, 0.25) is 0 Å². The molecule has 6 heteroatoms. The molecule has 1 atom stereocenters. The summed E-state index contributed by atoms with van der Waals surface area (Å²) in [6.45, 7) is 15.0. The summed E-state index contributed by atoms with van der Waals surface area (Å²) in [5.74, 6) is 0. The number of hydrogen-bond acceptors (Lipinski definition) is 4. The summed E-state index contributed by atoms with van der Waals surface area (Å²) in [6, 6.07) is 21.1. The minimum atomic E-state index is -2.65. The van der Waals surface area contributed by atoms with Crippen LogP contribution in [0.25, 0.3) is 0 Å². The molecule has 1 saturated heterocycles. The summed E-state index contributed by atoms with van der Waals surface area (Å²) in [5, 5.41) is 5.80. The molecule has 0 aliphatic carbocycles. The van der Waals surface area contributed by atoms with Gasteiger partial charge in [-0.25, -0.2) is 4.79 Å². The molecular formula is C26H38N2O3Si. The Labute approximate surface area is 194 Å². The highest BCUT2D eigenvalue weighted by atomic mass is 28.4. The van der Waals surface area contributed by atoms with E-state index in [-0.39, 0.29) is 17.2 Å². The van der Waals surface area contributed by atoms with E-state index >= 15 is 0 Å². The summed E-state index contributed by atoms with van der Waals surface area (Å²) >= 11 is 0. The first kappa shape index (κ1) is 24.5. The molecule has 1 heterocycles. The van der Waals surface area contributed by atoms with E-state index in [1.165, 1.54) is 10.4 Å². The second-order valence-electron chi connectivity index (χ2n) is 10.5. The molecule has 1 fully saturated rings. The van der Waals surface area contributed by atoms with E-state index in [0.29, 0.717) is 19.7 Å². The lowest BCUT2D eigenvalue weighted by molar-refractivity contribution is 0.00575. The standard InChI is InChI=1S/C26H38N2O3Si/c1-25(2,3)31-24(29)28-18-17-27-19-21(28)20-30-32(26(4,5)6,22-13-9-7-10-14-22)23-15-11-8-12-16-23/h7-16,21,27H,17-20H2,1-6H3/t21-/m0/s1. The van der Waals surface area contributed by atoms with Crippen molar-refractivity contribution in [1.29, 1.82) is 0 Å². The molecule has 1 aliphatic heterocycles. The van der Waals surface area contributed by atoms with Gasteiger partial charge in [0.1, 0.15) is 5.60 Å². The molecule has 0 radical (unpaired) electrons. The lowest BCUT2D eigenvalue weighted by Gasteiger charge is -2.45. The Morgan fingerprint density at radius 3 is 1.97 bits per heavy atom. The molecule has 0 aromatic heterocycles. The average Bonchev–Trinajstić information content (AvgIpc) is 2.74. The van der Waals surface area contributed by atoms with Crippen LogP contribution in [0.3, 0.4) is 0 Å². The Morgan fingerprint density at radius 2 is 1.50 bits per heavy atom. The molecule has 1 amide bonds. The number of carbonyl (C=O) groups excluding carboxylic acids is 1. The number of carbonyl (C=O) groups is 1. The van der Waals surface area contributed by atoms with E-state index in [2.05, 4.69) is 74.6 Å². The number of ether oxygens (including phenoxy) is 1. The Kier molecular flexibility index (Phi) is 7.48. The van der Waals surface area contributed by atoms with Crippen molar-refractivity contribution >= 4 is 24.8 Å². The quantitative estimate of drug-likeness (QED) is 0.699. The lowest BCUT2D eigenvalue weighted by Crippen LogP contribution is -2.68. The fourth-order valence-electron chi connectivity index (χ4n) is 4.45. The summed E-state index contributed by atoms with van der Waals surface area (Å²) in [4.78, 5) is 14.8. The number of benzene rings is 2. The molecule has 174 valence electrons. The largest absolute Gasteiger partial charge is 0.444 e. The number of nitrogens with one attached hydrogen (secondary N) is 1. The van der Waals surface area contributed by atoms with Crippen molar-refractivity contribution in [2.75, 3.05) is 26.2 Å². The molecule has 32 heavy (non-hydrogen) atoms. The lowest BCUT2D eigenvalue weighted by atomic mass is 10.2. The predicted molar refractivity (Wildman–Crippen MR) is 133 cm³/mol. The number of hydrogen-bond donors (Lipinski definition) is 1. The number of rotatable bonds is 5. The SMILES string of the molecule is CC(C)(C)OC(=O)N1CCNC[C@H]1CO[Si](c1ccccc1)(c1ccccc1)C(C)(C)C. The van der Waals surface area contributed by atoms with Gasteiger partial charge in [-0.3, -0.25) is 0 Å². The summed E-state index contributed by atoms with van der Waals surface area (Å²) < 4.78 is 12.8. The monoisotopic (exact) mass is 454 g/mol. The van der Waals surface area contributed by atoms with E-state index in [4.69, 9.17) is 9.16 Å². The van der Waals surface area contributed by atoms with Crippen LogP contribution in [0.1, 0.15) is 41.5 Å². The van der Waals surface area contributed by atoms with Crippen molar-refractivity contribution in [3.05, 3.63) is 60.7 Å². The first-order valence-electron chi connectivity index (χ1n) is 11.5. The van der Waals surface area contributed by atoms with E-state index in [1.54, 1.807) is 0 Å². The number of amides is 1. The zero-order chi connectivity index (χ0) is 23.4. The summed E-state index contributed by atoms with van der Waals surface area (Å²) in [6.07, 6.45) is -0.268. The third kappa shape index (κ3) is 5.42. The third-order valence-electron chi connectivity index (χ3n) is 5.89. The molecule has 0 saturated carbocycles. The Balaban J connectivity index is 1.96. The van der Waals surface area contributed by atoms with Crippen molar-refractivity contribution in [3.8, 4) is 0 Å². The van der Waals surface area contributed by atoms with E-state index in [0.717, 1.165) is 6.54 Å². The van der Waals surface area contributed by atoms with Gasteiger partial charge in [-0.2, -0.15) is 0 Å². The minimum absolute atomic E-state index is 0.0831. The van der Waals surface area contributed by atoms with Crippen molar-refractivity contribution in [2.45, 2.75) is 58.2 Å². The van der Waals surface area contributed by atoms with Crippen LogP contribution in [-0.4, -0.2) is 57.2 Å². The van der Waals surface area contributed by atoms with Gasteiger partial charge in [0.25, 0.3) is 8.32 Å². The molecule has 2 aromatic carbocycles. The van der Waals surface area contributed by atoms with E-state index in [1.807, 2.05) is 37.8 Å². The van der Waals surface area contributed by atoms with Gasteiger partial charge in [-0.15, -0.1) is 0 Å². The Morgan fingerprint density at radius 1 is 0.969 bits per heavy atom. The average molecular weight is 455 g/mol. The van der Waals surface area contributed by atoms with Gasteiger partial charge < -0.3 is 19.4 Å². The molecular weight excluding hydrogens is 416 g/mol. The maximum atomic E-state index is 12.9. The number of piperazine rings is 1. The van der Waals surface area contributed by atoms with Crippen LogP contribution in [0.15, 0.2) is 60.7 Å². The van der Waals surface area contributed by atoms with Gasteiger partial charge in [0, 0.05) is 19.6 Å². The normalized spacial score (nSPS) is 17.8. The maximum Gasteiger partial charge on any atom is 0.410 e. The van der Waals surface area contributed by atoms with Gasteiger partial charge in [0.15, 0.2) is 0 Å². The second-order valence-corrected chi connectivity index (χ2v) is 14.8.